The molecular weight excluding hydrogens is 264 g/mol. The summed E-state index contributed by atoms with van der Waals surface area (Å²) in [5.41, 5.74) is 4.24. The van der Waals surface area contributed by atoms with Crippen LogP contribution in [0.25, 0.3) is 11.1 Å². The molecule has 2 aromatic rings. The van der Waals surface area contributed by atoms with Crippen LogP contribution in [0.2, 0.25) is 0 Å². The zero-order valence-electron chi connectivity index (χ0n) is 12.9. The average Bonchev–Trinajstić information content (AvgIpc) is 3.29. The van der Waals surface area contributed by atoms with Crippen LogP contribution in [0, 0.1) is 23.7 Å². The van der Waals surface area contributed by atoms with Crippen molar-refractivity contribution in [2.75, 3.05) is 0 Å². The summed E-state index contributed by atoms with van der Waals surface area (Å²) in [5, 5.41) is 0. The molecule has 2 fully saturated rings. The van der Waals surface area contributed by atoms with E-state index in [0.29, 0.717) is 0 Å². The zero-order valence-corrected chi connectivity index (χ0v) is 12.9. The minimum atomic E-state index is 0.801. The highest BCUT2D eigenvalue weighted by Gasteiger charge is 2.51. The first kappa shape index (κ1) is 12.7. The molecule has 5 atom stereocenters. The lowest BCUT2D eigenvalue weighted by Crippen LogP contribution is -2.18. The van der Waals surface area contributed by atoms with Crippen LogP contribution in [0.5, 0.6) is 0 Å². The van der Waals surface area contributed by atoms with Crippen molar-refractivity contribution in [3.8, 4) is 11.1 Å². The van der Waals surface area contributed by atoms with Gasteiger partial charge in [0.05, 0.1) is 0 Å². The van der Waals surface area contributed by atoms with E-state index in [-0.39, 0.29) is 0 Å². The lowest BCUT2D eigenvalue weighted by Gasteiger charge is -2.26. The highest BCUT2D eigenvalue weighted by atomic mass is 14.5. The highest BCUT2D eigenvalue weighted by molar-refractivity contribution is 5.63. The third-order valence-corrected chi connectivity index (χ3v) is 6.41. The molecule has 22 heavy (non-hydrogen) atoms. The van der Waals surface area contributed by atoms with Crippen molar-refractivity contribution in [1.29, 1.82) is 0 Å². The maximum atomic E-state index is 2.52. The van der Waals surface area contributed by atoms with Gasteiger partial charge in [-0.2, -0.15) is 0 Å². The first-order valence-corrected chi connectivity index (χ1v) is 8.74. The second kappa shape index (κ2) is 4.84. The fourth-order valence-electron chi connectivity index (χ4n) is 5.47. The van der Waals surface area contributed by atoms with Gasteiger partial charge in [0.2, 0.25) is 0 Å². The maximum absolute atomic E-state index is 2.52. The SMILES string of the molecule is C1=CC2CC1C1CCC(c3ccc(-c4ccccc4)cc3)C21. The molecule has 0 spiro atoms. The van der Waals surface area contributed by atoms with Gasteiger partial charge < -0.3 is 0 Å². The van der Waals surface area contributed by atoms with Crippen LogP contribution in [0.3, 0.4) is 0 Å². The predicted molar refractivity (Wildman–Crippen MR) is 91.6 cm³/mol. The van der Waals surface area contributed by atoms with Crippen molar-refractivity contribution >= 4 is 0 Å². The van der Waals surface area contributed by atoms with Crippen molar-refractivity contribution in [1.82, 2.24) is 0 Å². The van der Waals surface area contributed by atoms with Gasteiger partial charge in [0.25, 0.3) is 0 Å². The fourth-order valence-corrected chi connectivity index (χ4v) is 5.47. The number of allylic oxidation sites excluding steroid dienone is 2. The number of fused-ring (bicyclic) bond motifs is 5. The van der Waals surface area contributed by atoms with Gasteiger partial charge >= 0.3 is 0 Å². The monoisotopic (exact) mass is 286 g/mol. The van der Waals surface area contributed by atoms with Gasteiger partial charge in [-0.05, 0) is 65.5 Å². The van der Waals surface area contributed by atoms with Crippen molar-refractivity contribution in [3.05, 3.63) is 72.3 Å². The second-order valence-corrected chi connectivity index (χ2v) is 7.36. The molecule has 5 rings (SSSR count). The van der Waals surface area contributed by atoms with Gasteiger partial charge in [-0.25, -0.2) is 0 Å². The molecule has 0 N–H and O–H groups in total. The Balaban J connectivity index is 1.44. The molecular formula is C22H22. The lowest BCUT2D eigenvalue weighted by atomic mass is 9.78. The first-order valence-electron chi connectivity index (χ1n) is 8.74. The summed E-state index contributed by atoms with van der Waals surface area (Å²) >= 11 is 0. The molecule has 0 amide bonds. The van der Waals surface area contributed by atoms with Crippen LogP contribution < -0.4 is 0 Å². The summed E-state index contributed by atoms with van der Waals surface area (Å²) in [6, 6.07) is 20.1. The van der Waals surface area contributed by atoms with E-state index >= 15 is 0 Å². The molecule has 5 unspecified atom stereocenters. The van der Waals surface area contributed by atoms with E-state index < -0.39 is 0 Å². The largest absolute Gasteiger partial charge is 0.0848 e. The van der Waals surface area contributed by atoms with E-state index in [1.807, 2.05) is 0 Å². The summed E-state index contributed by atoms with van der Waals surface area (Å²) in [6.07, 6.45) is 9.30. The minimum Gasteiger partial charge on any atom is -0.0848 e. The molecule has 0 aliphatic heterocycles. The van der Waals surface area contributed by atoms with Gasteiger partial charge in [0.15, 0.2) is 0 Å². The van der Waals surface area contributed by atoms with Gasteiger partial charge in [0.1, 0.15) is 0 Å². The second-order valence-electron chi connectivity index (χ2n) is 7.36. The smallest absolute Gasteiger partial charge is 0.0125 e. The standard InChI is InChI=1S/C22H22/c1-2-4-15(5-3-1)16-6-8-17(9-7-16)20-12-13-21-18-10-11-19(14-18)22(20)21/h1-11,18-22H,12-14H2. The van der Waals surface area contributed by atoms with E-state index in [0.717, 1.165) is 29.6 Å². The number of rotatable bonds is 2. The van der Waals surface area contributed by atoms with Crippen LogP contribution in [-0.4, -0.2) is 0 Å². The van der Waals surface area contributed by atoms with Crippen molar-refractivity contribution < 1.29 is 0 Å². The van der Waals surface area contributed by atoms with Crippen LogP contribution >= 0.6 is 0 Å². The van der Waals surface area contributed by atoms with Crippen LogP contribution in [0.15, 0.2) is 66.7 Å². The molecule has 2 bridgehead atoms. The quantitative estimate of drug-likeness (QED) is 0.624. The molecule has 0 heteroatoms. The number of hydrogen-bond donors (Lipinski definition) is 0. The van der Waals surface area contributed by atoms with Gasteiger partial charge in [-0.15, -0.1) is 0 Å². The molecule has 0 saturated heterocycles. The molecule has 3 aliphatic carbocycles. The molecule has 0 heterocycles. The minimum absolute atomic E-state index is 0.801. The number of hydrogen-bond acceptors (Lipinski definition) is 0. The molecule has 2 aromatic carbocycles. The Bertz CT molecular complexity index is 695. The van der Waals surface area contributed by atoms with Crippen molar-refractivity contribution in [3.63, 3.8) is 0 Å². The Morgan fingerprint density at radius 2 is 1.41 bits per heavy atom. The number of benzene rings is 2. The van der Waals surface area contributed by atoms with Gasteiger partial charge in [-0.3, -0.25) is 0 Å². The van der Waals surface area contributed by atoms with Gasteiger partial charge in [0, 0.05) is 0 Å². The van der Waals surface area contributed by atoms with Crippen LogP contribution in [0.4, 0.5) is 0 Å². The van der Waals surface area contributed by atoms with Gasteiger partial charge in [-0.1, -0.05) is 66.7 Å². The van der Waals surface area contributed by atoms with E-state index in [4.69, 9.17) is 0 Å². The third kappa shape index (κ3) is 1.83. The average molecular weight is 286 g/mol. The van der Waals surface area contributed by atoms with Crippen LogP contribution in [0.1, 0.15) is 30.7 Å². The molecule has 3 aliphatic rings. The Morgan fingerprint density at radius 3 is 2.23 bits per heavy atom. The van der Waals surface area contributed by atoms with E-state index in [1.165, 1.54) is 30.4 Å². The first-order chi connectivity index (χ1) is 10.9. The Morgan fingerprint density at radius 1 is 0.682 bits per heavy atom. The maximum Gasteiger partial charge on any atom is -0.0125 e. The van der Waals surface area contributed by atoms with E-state index in [9.17, 15) is 0 Å². The van der Waals surface area contributed by atoms with Crippen LogP contribution in [-0.2, 0) is 0 Å². The Kier molecular flexibility index (Phi) is 2.80. The summed E-state index contributed by atoms with van der Waals surface area (Å²) in [7, 11) is 0. The highest BCUT2D eigenvalue weighted by Crippen LogP contribution is 2.60. The zero-order chi connectivity index (χ0) is 14.5. The molecule has 110 valence electrons. The summed E-state index contributed by atoms with van der Waals surface area (Å²) < 4.78 is 0. The summed E-state index contributed by atoms with van der Waals surface area (Å²) in [5.74, 6) is 4.49. The van der Waals surface area contributed by atoms with Crippen molar-refractivity contribution in [2.45, 2.75) is 25.2 Å². The molecule has 0 aromatic heterocycles. The molecule has 0 radical (unpaired) electrons. The fraction of sp³-hybridized carbons (Fsp3) is 0.364. The molecule has 0 nitrogen and oxygen atoms in total. The topological polar surface area (TPSA) is 0 Å². The van der Waals surface area contributed by atoms with Crippen molar-refractivity contribution in [2.24, 2.45) is 23.7 Å². The summed E-state index contributed by atoms with van der Waals surface area (Å²) in [6.45, 7) is 0. The Labute approximate surface area is 132 Å². The Hall–Kier alpha value is -1.82. The predicted octanol–water partition coefficient (Wildman–Crippen LogP) is 5.67. The molecule has 2 saturated carbocycles. The summed E-state index contributed by atoms with van der Waals surface area (Å²) in [4.78, 5) is 0. The third-order valence-electron chi connectivity index (χ3n) is 6.41. The van der Waals surface area contributed by atoms with E-state index in [1.54, 1.807) is 5.56 Å². The van der Waals surface area contributed by atoms with E-state index in [2.05, 4.69) is 66.7 Å². The normalized spacial score (nSPS) is 35.0. The lowest BCUT2D eigenvalue weighted by molar-refractivity contribution is 0.338.